The zero-order valence-electron chi connectivity index (χ0n) is 10.6. The van der Waals surface area contributed by atoms with E-state index in [9.17, 15) is 9.59 Å². The van der Waals surface area contributed by atoms with E-state index in [0.717, 1.165) is 0 Å². The Balaban J connectivity index is 2.50. The van der Waals surface area contributed by atoms with Gasteiger partial charge in [0, 0.05) is 20.3 Å². The van der Waals surface area contributed by atoms with E-state index >= 15 is 0 Å². The molecule has 1 rings (SSSR count). The van der Waals surface area contributed by atoms with Crippen LogP contribution in [0.5, 0.6) is 0 Å². The summed E-state index contributed by atoms with van der Waals surface area (Å²) in [6.45, 7) is 0.874. The molecule has 2 amide bonds. The number of carbonyl (C=O) groups is 2. The van der Waals surface area contributed by atoms with Gasteiger partial charge in [0.15, 0.2) is 0 Å². The van der Waals surface area contributed by atoms with E-state index in [0.29, 0.717) is 30.8 Å². The minimum absolute atomic E-state index is 0.308. The highest BCUT2D eigenvalue weighted by atomic mass is 16.5. The highest BCUT2D eigenvalue weighted by Crippen LogP contribution is 2.12. The maximum Gasteiger partial charge on any atom is 0.313 e. The van der Waals surface area contributed by atoms with E-state index < -0.39 is 11.8 Å². The van der Waals surface area contributed by atoms with Gasteiger partial charge < -0.3 is 15.4 Å². The fourth-order valence-corrected chi connectivity index (χ4v) is 1.37. The quantitative estimate of drug-likeness (QED) is 0.601. The van der Waals surface area contributed by atoms with Crippen LogP contribution in [-0.2, 0) is 14.3 Å². The van der Waals surface area contributed by atoms with Gasteiger partial charge in [0.25, 0.3) is 0 Å². The third-order valence-corrected chi connectivity index (χ3v) is 2.31. The van der Waals surface area contributed by atoms with Crippen molar-refractivity contribution in [3.8, 4) is 6.07 Å². The molecule has 0 fully saturated rings. The number of rotatable bonds is 5. The number of hydrogen-bond donors (Lipinski definition) is 2. The second-order valence-corrected chi connectivity index (χ2v) is 3.71. The fraction of sp³-hybridized carbons (Fsp3) is 0.308. The lowest BCUT2D eigenvalue weighted by atomic mass is 10.2. The molecule has 0 atom stereocenters. The highest BCUT2D eigenvalue weighted by Gasteiger charge is 2.14. The predicted molar refractivity (Wildman–Crippen MR) is 69.3 cm³/mol. The van der Waals surface area contributed by atoms with E-state index in [2.05, 4.69) is 10.6 Å². The monoisotopic (exact) mass is 261 g/mol. The van der Waals surface area contributed by atoms with Crippen LogP contribution in [0.2, 0.25) is 0 Å². The summed E-state index contributed by atoms with van der Waals surface area (Å²) in [6.07, 6.45) is 0.629. The average Bonchev–Trinajstić information content (AvgIpc) is 2.44. The second kappa shape index (κ2) is 7.84. The molecular weight excluding hydrogens is 246 g/mol. The average molecular weight is 261 g/mol. The SMILES string of the molecule is COCCCNC(=O)C(=O)Nc1ccccc1C#N. The van der Waals surface area contributed by atoms with Crippen molar-refractivity contribution in [1.29, 1.82) is 5.26 Å². The van der Waals surface area contributed by atoms with Crippen molar-refractivity contribution < 1.29 is 14.3 Å². The first-order valence-corrected chi connectivity index (χ1v) is 5.76. The van der Waals surface area contributed by atoms with Crippen molar-refractivity contribution in [3.05, 3.63) is 29.8 Å². The summed E-state index contributed by atoms with van der Waals surface area (Å²) in [5.74, 6) is -1.52. The lowest BCUT2D eigenvalue weighted by Crippen LogP contribution is -2.36. The molecule has 0 aliphatic rings. The number of methoxy groups -OCH3 is 1. The summed E-state index contributed by atoms with van der Waals surface area (Å²) in [7, 11) is 1.56. The van der Waals surface area contributed by atoms with Crippen molar-refractivity contribution in [2.75, 3.05) is 25.6 Å². The van der Waals surface area contributed by atoms with E-state index in [1.165, 1.54) is 0 Å². The summed E-state index contributed by atoms with van der Waals surface area (Å²) < 4.78 is 4.82. The predicted octanol–water partition coefficient (Wildman–Crippen LogP) is 0.649. The van der Waals surface area contributed by atoms with Gasteiger partial charge in [-0.1, -0.05) is 12.1 Å². The van der Waals surface area contributed by atoms with Gasteiger partial charge in [-0.05, 0) is 18.6 Å². The molecule has 1 aromatic carbocycles. The Hall–Kier alpha value is -2.39. The minimum Gasteiger partial charge on any atom is -0.385 e. The van der Waals surface area contributed by atoms with Crippen LogP contribution in [0.25, 0.3) is 0 Å². The lowest BCUT2D eigenvalue weighted by molar-refractivity contribution is -0.136. The Morgan fingerprint density at radius 2 is 2.05 bits per heavy atom. The first-order chi connectivity index (χ1) is 9.19. The molecule has 19 heavy (non-hydrogen) atoms. The van der Waals surface area contributed by atoms with Gasteiger partial charge in [0.2, 0.25) is 0 Å². The molecule has 0 saturated carbocycles. The normalized spacial score (nSPS) is 9.47. The molecule has 0 aliphatic heterocycles. The van der Waals surface area contributed by atoms with E-state index in [1.54, 1.807) is 31.4 Å². The van der Waals surface area contributed by atoms with E-state index in [4.69, 9.17) is 10.00 Å². The summed E-state index contributed by atoms with van der Waals surface area (Å²) in [5.41, 5.74) is 0.630. The second-order valence-electron chi connectivity index (χ2n) is 3.71. The van der Waals surface area contributed by atoms with Crippen LogP contribution in [0.3, 0.4) is 0 Å². The maximum atomic E-state index is 11.6. The first kappa shape index (κ1) is 14.7. The Kier molecular flexibility index (Phi) is 6.06. The van der Waals surface area contributed by atoms with Crippen molar-refractivity contribution in [1.82, 2.24) is 5.32 Å². The van der Waals surface area contributed by atoms with Gasteiger partial charge in [-0.25, -0.2) is 0 Å². The molecule has 0 bridgehead atoms. The number of carbonyl (C=O) groups excluding carboxylic acids is 2. The van der Waals surface area contributed by atoms with Crippen LogP contribution in [0.4, 0.5) is 5.69 Å². The number of nitrogens with one attached hydrogen (secondary N) is 2. The molecule has 6 heteroatoms. The lowest BCUT2D eigenvalue weighted by Gasteiger charge is -2.07. The van der Waals surface area contributed by atoms with Gasteiger partial charge in [0.1, 0.15) is 6.07 Å². The molecule has 0 heterocycles. The first-order valence-electron chi connectivity index (χ1n) is 5.76. The zero-order valence-corrected chi connectivity index (χ0v) is 10.6. The van der Waals surface area contributed by atoms with Gasteiger partial charge in [-0.15, -0.1) is 0 Å². The van der Waals surface area contributed by atoms with Crippen LogP contribution in [0, 0.1) is 11.3 Å². The zero-order chi connectivity index (χ0) is 14.1. The van der Waals surface area contributed by atoms with Crippen molar-refractivity contribution in [2.24, 2.45) is 0 Å². The maximum absolute atomic E-state index is 11.6. The van der Waals surface area contributed by atoms with Gasteiger partial charge in [-0.3, -0.25) is 9.59 Å². The fourth-order valence-electron chi connectivity index (χ4n) is 1.37. The number of nitrogens with zero attached hydrogens (tertiary/aromatic N) is 1. The standard InChI is InChI=1S/C13H15N3O3/c1-19-8-4-7-15-12(17)13(18)16-11-6-3-2-5-10(11)9-14/h2-3,5-6H,4,7-8H2,1H3,(H,15,17)(H,16,18). The summed E-state index contributed by atoms with van der Waals surface area (Å²) in [4.78, 5) is 23.0. The molecule has 6 nitrogen and oxygen atoms in total. The number of benzene rings is 1. The summed E-state index contributed by atoms with van der Waals surface area (Å²) in [6, 6.07) is 8.42. The van der Waals surface area contributed by atoms with Gasteiger partial charge in [-0.2, -0.15) is 5.26 Å². The van der Waals surface area contributed by atoms with Crippen LogP contribution < -0.4 is 10.6 Å². The largest absolute Gasteiger partial charge is 0.385 e. The number of nitriles is 1. The van der Waals surface area contributed by atoms with Crippen LogP contribution >= 0.6 is 0 Å². The summed E-state index contributed by atoms with van der Waals surface area (Å²) >= 11 is 0. The minimum atomic E-state index is -0.792. The smallest absolute Gasteiger partial charge is 0.313 e. The molecule has 2 N–H and O–H groups in total. The number of para-hydroxylation sites is 1. The topological polar surface area (TPSA) is 91.2 Å². The number of hydrogen-bond acceptors (Lipinski definition) is 4. The van der Waals surface area contributed by atoms with Crippen LogP contribution in [0.15, 0.2) is 24.3 Å². The number of amides is 2. The Bertz CT molecular complexity index is 494. The van der Waals surface area contributed by atoms with E-state index in [-0.39, 0.29) is 0 Å². The molecule has 1 aromatic rings. The molecule has 0 aromatic heterocycles. The Labute approximate surface area is 111 Å². The van der Waals surface area contributed by atoms with Crippen molar-refractivity contribution in [3.63, 3.8) is 0 Å². The van der Waals surface area contributed by atoms with Gasteiger partial charge in [0.05, 0.1) is 11.3 Å². The number of ether oxygens (including phenoxy) is 1. The van der Waals surface area contributed by atoms with Crippen LogP contribution in [0.1, 0.15) is 12.0 Å². The molecule has 0 radical (unpaired) electrons. The molecule has 0 saturated heterocycles. The molecule has 100 valence electrons. The van der Waals surface area contributed by atoms with Crippen LogP contribution in [-0.4, -0.2) is 32.1 Å². The van der Waals surface area contributed by atoms with Crippen molar-refractivity contribution >= 4 is 17.5 Å². The number of anilines is 1. The summed E-state index contributed by atoms with van der Waals surface area (Å²) in [5, 5.41) is 13.7. The van der Waals surface area contributed by atoms with Crippen molar-refractivity contribution in [2.45, 2.75) is 6.42 Å². The molecule has 0 unspecified atom stereocenters. The molecular formula is C13H15N3O3. The van der Waals surface area contributed by atoms with Gasteiger partial charge >= 0.3 is 11.8 Å². The highest BCUT2D eigenvalue weighted by molar-refractivity contribution is 6.39. The third-order valence-electron chi connectivity index (χ3n) is 2.31. The molecule has 0 spiro atoms. The Morgan fingerprint density at radius 3 is 2.74 bits per heavy atom. The van der Waals surface area contributed by atoms with E-state index in [1.807, 2.05) is 6.07 Å². The Morgan fingerprint density at radius 1 is 1.32 bits per heavy atom. The third kappa shape index (κ3) is 4.77. The molecule has 0 aliphatic carbocycles.